The lowest BCUT2D eigenvalue weighted by Gasteiger charge is -2.33. The molecule has 0 spiro atoms. The number of benzene rings is 1. The molecule has 0 bridgehead atoms. The Kier molecular flexibility index (Phi) is 6.06. The van der Waals surface area contributed by atoms with Gasteiger partial charge < -0.3 is 10.1 Å². The molecule has 20 heavy (non-hydrogen) atoms. The summed E-state index contributed by atoms with van der Waals surface area (Å²) in [5, 5.41) is 3.71. The molecule has 112 valence electrons. The van der Waals surface area contributed by atoms with Crippen molar-refractivity contribution in [2.45, 2.75) is 64.5 Å². The number of rotatable bonds is 7. The largest absolute Gasteiger partial charge is 0.377 e. The Morgan fingerprint density at radius 1 is 1.30 bits per heavy atom. The molecule has 0 fully saturated rings. The van der Waals surface area contributed by atoms with Crippen LogP contribution >= 0.6 is 0 Å². The van der Waals surface area contributed by atoms with Gasteiger partial charge in [0, 0.05) is 12.0 Å². The summed E-state index contributed by atoms with van der Waals surface area (Å²) in [6.07, 6.45) is 5.29. The molecule has 1 N–H and O–H groups in total. The van der Waals surface area contributed by atoms with E-state index in [0.29, 0.717) is 18.1 Å². The summed E-state index contributed by atoms with van der Waals surface area (Å²) in [6, 6.07) is 9.40. The summed E-state index contributed by atoms with van der Waals surface area (Å²) in [4.78, 5) is 0. The van der Waals surface area contributed by atoms with E-state index in [1.165, 1.54) is 31.2 Å². The van der Waals surface area contributed by atoms with E-state index >= 15 is 0 Å². The van der Waals surface area contributed by atoms with Gasteiger partial charge in [0.1, 0.15) is 0 Å². The topological polar surface area (TPSA) is 21.3 Å². The van der Waals surface area contributed by atoms with E-state index in [1.807, 2.05) is 0 Å². The van der Waals surface area contributed by atoms with Gasteiger partial charge in [-0.1, -0.05) is 31.2 Å². The number of hydrogen-bond acceptors (Lipinski definition) is 2. The van der Waals surface area contributed by atoms with Crippen LogP contribution in [0.3, 0.4) is 0 Å². The summed E-state index contributed by atoms with van der Waals surface area (Å²) in [7, 11) is 0. The highest BCUT2D eigenvalue weighted by Gasteiger charge is 2.27. The Bertz CT molecular complexity index is 402. The first kappa shape index (κ1) is 15.5. The molecular formula is C18H29NO. The molecule has 1 aliphatic rings. The second kappa shape index (κ2) is 7.80. The van der Waals surface area contributed by atoms with Crippen molar-refractivity contribution in [1.82, 2.24) is 5.32 Å². The molecule has 0 aromatic heterocycles. The van der Waals surface area contributed by atoms with E-state index in [0.717, 1.165) is 13.2 Å². The maximum atomic E-state index is 5.91. The lowest BCUT2D eigenvalue weighted by molar-refractivity contribution is 0.0541. The highest BCUT2D eigenvalue weighted by molar-refractivity contribution is 5.33. The summed E-state index contributed by atoms with van der Waals surface area (Å²) in [5.41, 5.74) is 3.08. The van der Waals surface area contributed by atoms with Crippen LogP contribution in [0.5, 0.6) is 0 Å². The molecule has 2 heteroatoms. The maximum absolute atomic E-state index is 5.91. The third kappa shape index (κ3) is 4.07. The molecule has 2 unspecified atom stereocenters. The van der Waals surface area contributed by atoms with Gasteiger partial charge in [-0.25, -0.2) is 0 Å². The average Bonchev–Trinajstić information content (AvgIpc) is 2.47. The first-order valence-electron chi connectivity index (χ1n) is 8.15. The van der Waals surface area contributed by atoms with Crippen LogP contribution in [0.4, 0.5) is 0 Å². The minimum absolute atomic E-state index is 0.305. The smallest absolute Gasteiger partial charge is 0.0629 e. The molecule has 0 aliphatic heterocycles. The molecule has 1 aliphatic carbocycles. The predicted octanol–water partition coefficient (Wildman–Crippen LogP) is 3.90. The Morgan fingerprint density at radius 3 is 2.85 bits per heavy atom. The predicted molar refractivity (Wildman–Crippen MR) is 85.3 cm³/mol. The van der Waals surface area contributed by atoms with Gasteiger partial charge in [-0.05, 0) is 57.2 Å². The van der Waals surface area contributed by atoms with Crippen molar-refractivity contribution in [3.63, 3.8) is 0 Å². The van der Waals surface area contributed by atoms with E-state index in [-0.39, 0.29) is 0 Å². The van der Waals surface area contributed by atoms with Crippen molar-refractivity contribution >= 4 is 0 Å². The van der Waals surface area contributed by atoms with Crippen LogP contribution in [0.25, 0.3) is 0 Å². The lowest BCUT2D eigenvalue weighted by atomic mass is 9.79. The molecule has 2 nitrogen and oxygen atoms in total. The van der Waals surface area contributed by atoms with Gasteiger partial charge in [0.2, 0.25) is 0 Å². The molecule has 2 atom stereocenters. The van der Waals surface area contributed by atoms with Crippen LogP contribution in [0.15, 0.2) is 24.3 Å². The number of hydrogen-bond donors (Lipinski definition) is 1. The third-order valence-corrected chi connectivity index (χ3v) is 4.17. The van der Waals surface area contributed by atoms with Crippen molar-refractivity contribution in [2.24, 2.45) is 0 Å². The molecule has 1 aromatic rings. The van der Waals surface area contributed by atoms with Crippen LogP contribution in [0.1, 0.15) is 57.1 Å². The van der Waals surface area contributed by atoms with E-state index in [1.54, 1.807) is 5.56 Å². The Labute approximate surface area is 123 Å². The fourth-order valence-corrected chi connectivity index (χ4v) is 3.15. The third-order valence-electron chi connectivity index (χ3n) is 4.17. The summed E-state index contributed by atoms with van der Waals surface area (Å²) in [5.74, 6) is 0.602. The summed E-state index contributed by atoms with van der Waals surface area (Å²) >= 11 is 0. The number of nitrogens with one attached hydrogen (secondary N) is 1. The van der Waals surface area contributed by atoms with Crippen molar-refractivity contribution in [3.8, 4) is 0 Å². The molecule has 0 amide bonds. The number of aryl methyl sites for hydroxylation is 1. The number of ether oxygens (including phenoxy) is 1. The molecule has 1 aromatic carbocycles. The zero-order valence-corrected chi connectivity index (χ0v) is 13.2. The monoisotopic (exact) mass is 275 g/mol. The van der Waals surface area contributed by atoms with Crippen LogP contribution in [-0.2, 0) is 11.2 Å². The fourth-order valence-electron chi connectivity index (χ4n) is 3.15. The molecule has 2 rings (SSSR count). The first-order valence-corrected chi connectivity index (χ1v) is 8.15. The van der Waals surface area contributed by atoms with Crippen LogP contribution in [0, 0.1) is 0 Å². The number of fused-ring (bicyclic) bond motifs is 1. The van der Waals surface area contributed by atoms with Gasteiger partial charge in [0.15, 0.2) is 0 Å². The Morgan fingerprint density at radius 2 is 2.10 bits per heavy atom. The first-order chi connectivity index (χ1) is 9.72. The van der Waals surface area contributed by atoms with Gasteiger partial charge in [0.05, 0.1) is 12.7 Å². The molecule has 0 saturated carbocycles. The Hall–Kier alpha value is -0.860. The lowest BCUT2D eigenvalue weighted by Crippen LogP contribution is -2.41. The van der Waals surface area contributed by atoms with Gasteiger partial charge >= 0.3 is 0 Å². The standard InChI is InChI=1S/C18H29NO/c1-4-12-19-18(13-20-14(2)3)17-11-7-9-15-8-5-6-10-16(15)17/h5-6,8,10,14,17-19H,4,7,9,11-13H2,1-3H3. The van der Waals surface area contributed by atoms with Crippen LogP contribution in [-0.4, -0.2) is 25.3 Å². The average molecular weight is 275 g/mol. The zero-order valence-electron chi connectivity index (χ0n) is 13.2. The van der Waals surface area contributed by atoms with Crippen LogP contribution < -0.4 is 5.32 Å². The summed E-state index contributed by atoms with van der Waals surface area (Å²) in [6.45, 7) is 8.35. The molecule has 0 radical (unpaired) electrons. The van der Waals surface area contributed by atoms with Crippen LogP contribution in [0.2, 0.25) is 0 Å². The highest BCUT2D eigenvalue weighted by atomic mass is 16.5. The fraction of sp³-hybridized carbons (Fsp3) is 0.667. The van der Waals surface area contributed by atoms with Gasteiger partial charge in [-0.2, -0.15) is 0 Å². The van der Waals surface area contributed by atoms with E-state index < -0.39 is 0 Å². The van der Waals surface area contributed by atoms with Crippen molar-refractivity contribution in [1.29, 1.82) is 0 Å². The van der Waals surface area contributed by atoms with Gasteiger partial charge in [0.25, 0.3) is 0 Å². The quantitative estimate of drug-likeness (QED) is 0.815. The SMILES string of the molecule is CCCNC(COC(C)C)C1CCCc2ccccc21. The van der Waals surface area contributed by atoms with E-state index in [4.69, 9.17) is 4.74 Å². The Balaban J connectivity index is 2.11. The maximum Gasteiger partial charge on any atom is 0.0629 e. The van der Waals surface area contributed by atoms with Crippen molar-refractivity contribution in [3.05, 3.63) is 35.4 Å². The second-order valence-corrected chi connectivity index (χ2v) is 6.14. The highest BCUT2D eigenvalue weighted by Crippen LogP contribution is 2.34. The normalized spacial score (nSPS) is 19.9. The van der Waals surface area contributed by atoms with E-state index in [2.05, 4.69) is 50.4 Å². The molecular weight excluding hydrogens is 246 g/mol. The van der Waals surface area contributed by atoms with Gasteiger partial charge in [-0.3, -0.25) is 0 Å². The molecule has 0 heterocycles. The minimum atomic E-state index is 0.305. The molecule has 0 saturated heterocycles. The van der Waals surface area contributed by atoms with Crippen molar-refractivity contribution < 1.29 is 4.74 Å². The van der Waals surface area contributed by atoms with Gasteiger partial charge in [-0.15, -0.1) is 0 Å². The van der Waals surface area contributed by atoms with Crippen molar-refractivity contribution in [2.75, 3.05) is 13.2 Å². The second-order valence-electron chi connectivity index (χ2n) is 6.14. The van der Waals surface area contributed by atoms with E-state index in [9.17, 15) is 0 Å². The minimum Gasteiger partial charge on any atom is -0.377 e. The zero-order chi connectivity index (χ0) is 14.4. The summed E-state index contributed by atoms with van der Waals surface area (Å²) < 4.78 is 5.91.